The highest BCUT2D eigenvalue weighted by molar-refractivity contribution is 7.80. The Labute approximate surface area is 170 Å². The lowest BCUT2D eigenvalue weighted by Crippen LogP contribution is -2.33. The lowest BCUT2D eigenvalue weighted by molar-refractivity contribution is 0.0981. The molecule has 2 heterocycles. The minimum atomic E-state index is -0.437. The van der Waals surface area contributed by atoms with Crippen molar-refractivity contribution in [2.24, 2.45) is 0 Å². The third-order valence-corrected chi connectivity index (χ3v) is 5.62. The van der Waals surface area contributed by atoms with Gasteiger partial charge in [0.15, 0.2) is 5.11 Å². The molecule has 0 aliphatic heterocycles. The molecule has 7 heteroatoms. The van der Waals surface area contributed by atoms with Gasteiger partial charge in [-0.3, -0.25) is 10.1 Å². The average molecular weight is 410 g/mol. The third kappa shape index (κ3) is 3.54. The first kappa shape index (κ1) is 18.3. The number of para-hydroxylation sites is 2. The van der Waals surface area contributed by atoms with Crippen LogP contribution in [-0.2, 0) is 0 Å². The van der Waals surface area contributed by atoms with Crippen LogP contribution in [0.4, 0.5) is 10.1 Å². The molecule has 0 fully saturated rings. The minimum Gasteiger partial charge on any atom is -0.330 e. The van der Waals surface area contributed by atoms with E-state index in [0.717, 1.165) is 21.5 Å². The molecule has 1 amide bonds. The van der Waals surface area contributed by atoms with E-state index in [0.29, 0.717) is 4.88 Å². The van der Waals surface area contributed by atoms with E-state index in [4.69, 9.17) is 12.2 Å². The molecule has 4 nitrogen and oxygen atoms in total. The number of fused-ring (bicyclic) bond motifs is 1. The number of hydrogen-bond donors (Lipinski definition) is 2. The fourth-order valence-corrected chi connectivity index (χ4v) is 4.26. The van der Waals surface area contributed by atoms with Crippen molar-refractivity contribution in [3.05, 3.63) is 83.1 Å². The summed E-state index contributed by atoms with van der Waals surface area (Å²) in [6.45, 7) is 2.01. The van der Waals surface area contributed by atoms with Gasteiger partial charge in [-0.2, -0.15) is 0 Å². The van der Waals surface area contributed by atoms with Crippen LogP contribution in [0.1, 0.15) is 15.2 Å². The minimum absolute atomic E-state index is 0.0517. The molecule has 2 aromatic heterocycles. The standard InChI is InChI=1S/C21H16FN3OS2/c1-13-12-25(14-7-3-2-4-8-14)20-15(13)11-18(28-20)19(26)24-21(27)23-17-10-6-5-9-16(17)22/h2-12H,1H3,(H2,23,24,26,27). The molecule has 0 bridgehead atoms. The second-order valence-electron chi connectivity index (χ2n) is 6.24. The maximum Gasteiger partial charge on any atom is 0.267 e. The van der Waals surface area contributed by atoms with E-state index in [9.17, 15) is 9.18 Å². The summed E-state index contributed by atoms with van der Waals surface area (Å²) in [5.74, 6) is -0.762. The molecule has 0 unspecified atom stereocenters. The quantitative estimate of drug-likeness (QED) is 0.453. The summed E-state index contributed by atoms with van der Waals surface area (Å²) in [4.78, 5) is 14.2. The Balaban J connectivity index is 1.57. The Morgan fingerprint density at radius 2 is 1.82 bits per heavy atom. The zero-order valence-corrected chi connectivity index (χ0v) is 16.5. The van der Waals surface area contributed by atoms with Gasteiger partial charge in [0.2, 0.25) is 0 Å². The molecule has 0 saturated carbocycles. The van der Waals surface area contributed by atoms with Crippen LogP contribution in [0, 0.1) is 12.7 Å². The van der Waals surface area contributed by atoms with Gasteiger partial charge in [0.25, 0.3) is 5.91 Å². The van der Waals surface area contributed by atoms with Gasteiger partial charge < -0.3 is 9.88 Å². The average Bonchev–Trinajstić information content (AvgIpc) is 3.25. The molecule has 4 rings (SSSR count). The Kier molecular flexibility index (Phi) is 4.93. The smallest absolute Gasteiger partial charge is 0.267 e. The number of carbonyl (C=O) groups excluding carboxylic acids is 1. The van der Waals surface area contributed by atoms with Crippen molar-refractivity contribution in [1.82, 2.24) is 9.88 Å². The van der Waals surface area contributed by atoms with Crippen LogP contribution in [0.15, 0.2) is 66.9 Å². The summed E-state index contributed by atoms with van der Waals surface area (Å²) in [7, 11) is 0. The number of rotatable bonds is 3. The molecule has 0 atom stereocenters. The number of carbonyl (C=O) groups is 1. The summed E-state index contributed by atoms with van der Waals surface area (Å²) in [6.07, 6.45) is 2.06. The third-order valence-electron chi connectivity index (χ3n) is 4.29. The second-order valence-corrected chi connectivity index (χ2v) is 7.67. The van der Waals surface area contributed by atoms with E-state index in [1.807, 2.05) is 43.3 Å². The number of thiocarbonyl (C=S) groups is 1. The number of halogens is 1. The maximum atomic E-state index is 13.7. The lowest BCUT2D eigenvalue weighted by atomic mass is 10.2. The van der Waals surface area contributed by atoms with Gasteiger partial charge >= 0.3 is 0 Å². The second kappa shape index (κ2) is 7.53. The lowest BCUT2D eigenvalue weighted by Gasteiger charge is -2.09. The van der Waals surface area contributed by atoms with Crippen LogP contribution in [0.5, 0.6) is 0 Å². The van der Waals surface area contributed by atoms with Crippen LogP contribution >= 0.6 is 23.6 Å². The molecular weight excluding hydrogens is 393 g/mol. The van der Waals surface area contributed by atoms with Crippen molar-refractivity contribution in [3.8, 4) is 5.69 Å². The van der Waals surface area contributed by atoms with Crippen molar-refractivity contribution in [2.75, 3.05) is 5.32 Å². The Hall–Kier alpha value is -3.03. The predicted octanol–water partition coefficient (Wildman–Crippen LogP) is 5.27. The summed E-state index contributed by atoms with van der Waals surface area (Å²) < 4.78 is 15.8. The molecule has 28 heavy (non-hydrogen) atoms. The van der Waals surface area contributed by atoms with Crippen LogP contribution in [-0.4, -0.2) is 15.6 Å². The van der Waals surface area contributed by atoms with Crippen LogP contribution in [0.2, 0.25) is 0 Å². The zero-order chi connectivity index (χ0) is 19.7. The summed E-state index contributed by atoms with van der Waals surface area (Å²) in [5.41, 5.74) is 2.34. The molecule has 0 radical (unpaired) electrons. The molecule has 140 valence electrons. The first-order valence-electron chi connectivity index (χ1n) is 8.56. The van der Waals surface area contributed by atoms with Crippen molar-refractivity contribution in [2.45, 2.75) is 6.92 Å². The highest BCUT2D eigenvalue weighted by Gasteiger charge is 2.17. The molecule has 0 aliphatic rings. The number of aryl methyl sites for hydroxylation is 1. The van der Waals surface area contributed by atoms with E-state index >= 15 is 0 Å². The normalized spacial score (nSPS) is 10.8. The Morgan fingerprint density at radius 1 is 1.11 bits per heavy atom. The van der Waals surface area contributed by atoms with Gasteiger partial charge in [0.1, 0.15) is 10.6 Å². The van der Waals surface area contributed by atoms with Crippen LogP contribution in [0.3, 0.4) is 0 Å². The first-order valence-corrected chi connectivity index (χ1v) is 9.79. The maximum absolute atomic E-state index is 13.7. The molecule has 2 N–H and O–H groups in total. The Morgan fingerprint density at radius 3 is 2.57 bits per heavy atom. The number of amides is 1. The zero-order valence-electron chi connectivity index (χ0n) is 14.9. The van der Waals surface area contributed by atoms with E-state index in [1.165, 1.54) is 17.4 Å². The monoisotopic (exact) mass is 409 g/mol. The number of aromatic nitrogens is 1. The fraction of sp³-hybridized carbons (Fsp3) is 0.0476. The van der Waals surface area contributed by atoms with Crippen molar-refractivity contribution in [1.29, 1.82) is 0 Å². The van der Waals surface area contributed by atoms with Crippen LogP contribution in [0.25, 0.3) is 15.9 Å². The molecular formula is C21H16FN3OS2. The number of thiophene rings is 1. The van der Waals surface area contributed by atoms with Gasteiger partial charge in [-0.25, -0.2) is 4.39 Å². The molecule has 0 spiro atoms. The predicted molar refractivity (Wildman–Crippen MR) is 116 cm³/mol. The van der Waals surface area contributed by atoms with Crippen molar-refractivity contribution >= 4 is 50.5 Å². The highest BCUT2D eigenvalue weighted by atomic mass is 32.1. The highest BCUT2D eigenvalue weighted by Crippen LogP contribution is 2.32. The van der Waals surface area contributed by atoms with Crippen LogP contribution < -0.4 is 10.6 Å². The fourth-order valence-electron chi connectivity index (χ4n) is 2.94. The van der Waals surface area contributed by atoms with Gasteiger partial charge in [-0.1, -0.05) is 30.3 Å². The Bertz CT molecular complexity index is 1180. The van der Waals surface area contributed by atoms with Gasteiger partial charge in [0.05, 0.1) is 10.6 Å². The van der Waals surface area contributed by atoms with Crippen molar-refractivity contribution < 1.29 is 9.18 Å². The molecule has 0 saturated heterocycles. The number of anilines is 1. The summed E-state index contributed by atoms with van der Waals surface area (Å²) in [6, 6.07) is 18.0. The topological polar surface area (TPSA) is 46.1 Å². The molecule has 0 aliphatic carbocycles. The van der Waals surface area contributed by atoms with E-state index in [2.05, 4.69) is 21.4 Å². The molecule has 2 aromatic carbocycles. The van der Waals surface area contributed by atoms with Gasteiger partial charge in [-0.15, -0.1) is 11.3 Å². The SMILES string of the molecule is Cc1cn(-c2ccccc2)c2sc(C(=O)NC(=S)Nc3ccccc3F)cc12. The van der Waals surface area contributed by atoms with Gasteiger partial charge in [0, 0.05) is 17.3 Å². The summed E-state index contributed by atoms with van der Waals surface area (Å²) >= 11 is 6.54. The summed E-state index contributed by atoms with van der Waals surface area (Å²) in [5, 5.41) is 6.40. The van der Waals surface area contributed by atoms with Gasteiger partial charge in [-0.05, 0) is 55.0 Å². The number of nitrogens with zero attached hydrogens (tertiary/aromatic N) is 1. The number of hydrogen-bond acceptors (Lipinski definition) is 3. The largest absolute Gasteiger partial charge is 0.330 e. The van der Waals surface area contributed by atoms with E-state index < -0.39 is 5.82 Å². The van der Waals surface area contributed by atoms with E-state index in [1.54, 1.807) is 18.2 Å². The van der Waals surface area contributed by atoms with Crippen molar-refractivity contribution in [3.63, 3.8) is 0 Å². The number of benzene rings is 2. The van der Waals surface area contributed by atoms with E-state index in [-0.39, 0.29) is 16.7 Å². The molecule has 4 aromatic rings. The number of nitrogens with one attached hydrogen (secondary N) is 2. The first-order chi connectivity index (χ1) is 13.5.